The highest BCUT2D eigenvalue weighted by atomic mass is 32.2. The molecule has 0 saturated heterocycles. The summed E-state index contributed by atoms with van der Waals surface area (Å²) in [5.74, 6) is -1.86. The molecule has 9 heteroatoms. The second kappa shape index (κ2) is 13.3. The van der Waals surface area contributed by atoms with Crippen LogP contribution in [0.3, 0.4) is 0 Å². The van der Waals surface area contributed by atoms with Crippen molar-refractivity contribution in [2.45, 2.75) is 31.2 Å². The van der Waals surface area contributed by atoms with E-state index in [4.69, 9.17) is 14.2 Å². The lowest BCUT2D eigenvalue weighted by Crippen LogP contribution is -2.53. The molecule has 0 heterocycles. The Morgan fingerprint density at radius 3 is 1.89 bits per heavy atom. The third-order valence-corrected chi connectivity index (χ3v) is 6.24. The molecule has 0 aliphatic carbocycles. The van der Waals surface area contributed by atoms with Crippen LogP contribution < -0.4 is 5.32 Å². The van der Waals surface area contributed by atoms with Gasteiger partial charge in [0.15, 0.2) is 0 Å². The zero-order chi connectivity index (χ0) is 26.7. The van der Waals surface area contributed by atoms with Crippen molar-refractivity contribution < 1.29 is 33.4 Å². The first-order valence-corrected chi connectivity index (χ1v) is 12.2. The molecule has 0 fully saturated rings. The van der Waals surface area contributed by atoms with Gasteiger partial charge in [-0.15, -0.1) is 0 Å². The van der Waals surface area contributed by atoms with Gasteiger partial charge in [0.2, 0.25) is 6.79 Å². The van der Waals surface area contributed by atoms with Crippen LogP contribution in [-0.2, 0) is 25.6 Å². The quantitative estimate of drug-likeness (QED) is 0.294. The fraction of sp³-hybridized carbons (Fsp3) is 0.214. The highest BCUT2D eigenvalue weighted by molar-refractivity contribution is 8.14. The van der Waals surface area contributed by atoms with Crippen molar-refractivity contribution in [2.75, 3.05) is 6.79 Å². The van der Waals surface area contributed by atoms with Gasteiger partial charge < -0.3 is 19.5 Å². The lowest BCUT2D eigenvalue weighted by atomic mass is 10.0. The fourth-order valence-electron chi connectivity index (χ4n) is 3.22. The average molecular weight is 522 g/mol. The van der Waals surface area contributed by atoms with Crippen molar-refractivity contribution in [3.8, 4) is 0 Å². The van der Waals surface area contributed by atoms with Crippen molar-refractivity contribution in [1.82, 2.24) is 5.32 Å². The SMILES string of the molecule is CC(C)(SC(=O)OCOC(=O)c1ccccc1)[C@@H](NC(=O)c1ccccc1)C(=O)OCc1ccccc1. The van der Waals surface area contributed by atoms with E-state index >= 15 is 0 Å². The molecule has 0 aliphatic rings. The van der Waals surface area contributed by atoms with Crippen LogP contribution in [0, 0.1) is 0 Å². The van der Waals surface area contributed by atoms with Crippen LogP contribution in [0.25, 0.3) is 0 Å². The van der Waals surface area contributed by atoms with Crippen LogP contribution in [0.4, 0.5) is 4.79 Å². The van der Waals surface area contributed by atoms with E-state index in [0.29, 0.717) is 22.9 Å². The Morgan fingerprint density at radius 2 is 1.30 bits per heavy atom. The number of rotatable bonds is 10. The normalized spacial score (nSPS) is 11.6. The van der Waals surface area contributed by atoms with E-state index in [-0.39, 0.29) is 6.61 Å². The summed E-state index contributed by atoms with van der Waals surface area (Å²) in [5, 5.41) is 1.89. The zero-order valence-electron chi connectivity index (χ0n) is 20.4. The maximum absolute atomic E-state index is 13.1. The van der Waals surface area contributed by atoms with Crippen molar-refractivity contribution in [3.63, 3.8) is 0 Å². The van der Waals surface area contributed by atoms with E-state index in [2.05, 4.69) is 5.32 Å². The summed E-state index contributed by atoms with van der Waals surface area (Å²) >= 11 is 0.677. The Hall–Kier alpha value is -4.11. The molecule has 1 atom stereocenters. The number of nitrogens with one attached hydrogen (secondary N) is 1. The van der Waals surface area contributed by atoms with Gasteiger partial charge in [-0.1, -0.05) is 66.7 Å². The second-order valence-corrected chi connectivity index (χ2v) is 9.97. The molecule has 1 amide bonds. The van der Waals surface area contributed by atoms with Gasteiger partial charge in [0, 0.05) is 5.56 Å². The van der Waals surface area contributed by atoms with Crippen LogP contribution in [0.2, 0.25) is 0 Å². The first-order valence-electron chi connectivity index (χ1n) is 11.4. The van der Waals surface area contributed by atoms with E-state index in [1.54, 1.807) is 86.6 Å². The molecule has 0 radical (unpaired) electrons. The minimum Gasteiger partial charge on any atom is -0.459 e. The van der Waals surface area contributed by atoms with E-state index in [1.807, 2.05) is 18.2 Å². The van der Waals surface area contributed by atoms with Crippen LogP contribution >= 0.6 is 11.8 Å². The lowest BCUT2D eigenvalue weighted by molar-refractivity contribution is -0.148. The van der Waals surface area contributed by atoms with E-state index in [0.717, 1.165) is 5.56 Å². The molecule has 0 aromatic heterocycles. The van der Waals surface area contributed by atoms with E-state index in [9.17, 15) is 19.2 Å². The van der Waals surface area contributed by atoms with Crippen LogP contribution in [0.1, 0.15) is 40.1 Å². The van der Waals surface area contributed by atoms with Crippen LogP contribution in [0.5, 0.6) is 0 Å². The molecule has 37 heavy (non-hydrogen) atoms. The Labute approximate surface area is 219 Å². The highest BCUT2D eigenvalue weighted by Crippen LogP contribution is 2.31. The van der Waals surface area contributed by atoms with Crippen molar-refractivity contribution in [3.05, 3.63) is 108 Å². The molecule has 3 aromatic carbocycles. The van der Waals surface area contributed by atoms with Gasteiger partial charge in [0.05, 0.1) is 10.3 Å². The predicted octanol–water partition coefficient (Wildman–Crippen LogP) is 4.99. The largest absolute Gasteiger partial charge is 0.459 e. The molecule has 0 unspecified atom stereocenters. The van der Waals surface area contributed by atoms with Crippen LogP contribution in [-0.4, -0.2) is 40.7 Å². The number of amides is 1. The van der Waals surface area contributed by atoms with Gasteiger partial charge >= 0.3 is 17.2 Å². The minimum absolute atomic E-state index is 0.00197. The number of carbonyl (C=O) groups excluding carboxylic acids is 4. The summed E-state index contributed by atoms with van der Waals surface area (Å²) in [5.41, 5.74) is 1.44. The summed E-state index contributed by atoms with van der Waals surface area (Å²) in [4.78, 5) is 50.5. The Kier molecular flexibility index (Phi) is 9.85. The summed E-state index contributed by atoms with van der Waals surface area (Å²) in [6.45, 7) is 2.61. The first kappa shape index (κ1) is 27.5. The molecule has 0 bridgehead atoms. The van der Waals surface area contributed by atoms with Crippen LogP contribution in [0.15, 0.2) is 91.0 Å². The third kappa shape index (κ3) is 8.50. The third-order valence-electron chi connectivity index (χ3n) is 5.19. The fourth-order valence-corrected chi connectivity index (χ4v) is 4.03. The number of esters is 2. The predicted molar refractivity (Wildman–Crippen MR) is 139 cm³/mol. The van der Waals surface area contributed by atoms with Gasteiger partial charge in [0.1, 0.15) is 12.6 Å². The van der Waals surface area contributed by atoms with Crippen molar-refractivity contribution >= 4 is 34.9 Å². The Balaban J connectivity index is 1.64. The molecule has 8 nitrogen and oxygen atoms in total. The maximum atomic E-state index is 13.1. The summed E-state index contributed by atoms with van der Waals surface area (Å²) in [6.07, 6.45) is 0. The summed E-state index contributed by atoms with van der Waals surface area (Å²) in [7, 11) is 0. The van der Waals surface area contributed by atoms with Gasteiger partial charge in [-0.25, -0.2) is 14.4 Å². The smallest absolute Gasteiger partial charge is 0.370 e. The zero-order valence-corrected chi connectivity index (χ0v) is 21.2. The molecule has 0 aliphatic heterocycles. The average Bonchev–Trinajstić information content (AvgIpc) is 2.91. The van der Waals surface area contributed by atoms with Crippen molar-refractivity contribution in [1.29, 1.82) is 0 Å². The maximum Gasteiger partial charge on any atom is 0.370 e. The highest BCUT2D eigenvalue weighted by Gasteiger charge is 2.41. The summed E-state index contributed by atoms with van der Waals surface area (Å²) in [6, 6.07) is 24.5. The molecular formula is C28H27NO7S. The lowest BCUT2D eigenvalue weighted by Gasteiger charge is -2.31. The number of thioether (sulfide) groups is 1. The molecule has 192 valence electrons. The molecule has 1 N–H and O–H groups in total. The van der Waals surface area contributed by atoms with E-state index < -0.39 is 40.7 Å². The summed E-state index contributed by atoms with van der Waals surface area (Å²) < 4.78 is 14.3. The van der Waals surface area contributed by atoms with Gasteiger partial charge in [-0.2, -0.15) is 0 Å². The second-order valence-electron chi connectivity index (χ2n) is 8.38. The molecule has 0 spiro atoms. The van der Waals surface area contributed by atoms with Crippen molar-refractivity contribution in [2.24, 2.45) is 0 Å². The van der Waals surface area contributed by atoms with Gasteiger partial charge in [0.25, 0.3) is 5.91 Å². The number of carbonyl (C=O) groups is 4. The Morgan fingerprint density at radius 1 is 0.757 bits per heavy atom. The molecule has 0 saturated carbocycles. The number of ether oxygens (including phenoxy) is 3. The van der Waals surface area contributed by atoms with Gasteiger partial charge in [-0.05, 0) is 55.4 Å². The standard InChI is InChI=1S/C28H27NO7S/c1-28(2,37-27(33)36-19-35-25(31)22-16-10-5-11-17-22)23(29-24(30)21-14-8-4-9-15-21)26(32)34-18-20-12-6-3-7-13-20/h3-17,23H,18-19H2,1-2H3,(H,29,30)/t23-/m0/s1. The first-order chi connectivity index (χ1) is 17.8. The monoisotopic (exact) mass is 521 g/mol. The van der Waals surface area contributed by atoms with E-state index in [1.165, 1.54) is 0 Å². The topological polar surface area (TPSA) is 108 Å². The minimum atomic E-state index is -1.20. The molecule has 3 rings (SSSR count). The molecular weight excluding hydrogens is 494 g/mol. The number of hydrogen-bond acceptors (Lipinski definition) is 8. The molecule has 3 aromatic rings. The van der Waals surface area contributed by atoms with Gasteiger partial charge in [-0.3, -0.25) is 4.79 Å². The number of benzene rings is 3. The number of hydrogen-bond donors (Lipinski definition) is 1. The Bertz CT molecular complexity index is 1200.